The summed E-state index contributed by atoms with van der Waals surface area (Å²) in [5, 5.41) is 6.22. The van der Waals surface area contributed by atoms with Crippen LogP contribution < -0.4 is 21.5 Å². The van der Waals surface area contributed by atoms with Crippen LogP contribution in [0.15, 0.2) is 33.9 Å². The summed E-state index contributed by atoms with van der Waals surface area (Å²) in [7, 11) is 4.06. The van der Waals surface area contributed by atoms with E-state index >= 15 is 0 Å². The molecule has 1 aliphatic carbocycles. The minimum absolute atomic E-state index is 0.144. The van der Waals surface area contributed by atoms with Crippen LogP contribution in [0.5, 0.6) is 0 Å². The predicted octanol–water partition coefficient (Wildman–Crippen LogP) is 2.45. The van der Waals surface area contributed by atoms with Crippen LogP contribution in [0.25, 0.3) is 0 Å². The molecular formula is C18H22FN3O2. The molecule has 3 rings (SSSR count). The summed E-state index contributed by atoms with van der Waals surface area (Å²) in [5.41, 5.74) is 0.193. The zero-order valence-corrected chi connectivity index (χ0v) is 13.9. The highest BCUT2D eigenvalue weighted by molar-refractivity contribution is 5.78. The first-order chi connectivity index (χ1) is 11.5. The predicted molar refractivity (Wildman–Crippen MR) is 94.4 cm³/mol. The van der Waals surface area contributed by atoms with Crippen LogP contribution in [0.3, 0.4) is 0 Å². The van der Waals surface area contributed by atoms with Crippen molar-refractivity contribution in [3.63, 3.8) is 0 Å². The number of rotatable bonds is 5. The molecule has 2 aromatic rings. The summed E-state index contributed by atoms with van der Waals surface area (Å²) >= 11 is 0. The number of nitrogens with zero attached hydrogens (tertiary/aromatic N) is 1. The second kappa shape index (κ2) is 6.73. The van der Waals surface area contributed by atoms with Crippen molar-refractivity contribution in [2.45, 2.75) is 37.8 Å². The average Bonchev–Trinajstić information content (AvgIpc) is 2.59. The molecule has 128 valence electrons. The van der Waals surface area contributed by atoms with Crippen LogP contribution in [0.4, 0.5) is 21.5 Å². The Kier molecular flexibility index (Phi) is 4.66. The van der Waals surface area contributed by atoms with E-state index in [1.165, 1.54) is 18.6 Å². The Morgan fingerprint density at radius 2 is 1.62 bits per heavy atom. The minimum Gasteiger partial charge on any atom is -0.376 e. The van der Waals surface area contributed by atoms with Gasteiger partial charge in [0, 0.05) is 17.8 Å². The molecular weight excluding hydrogens is 309 g/mol. The zero-order valence-electron chi connectivity index (χ0n) is 13.9. The van der Waals surface area contributed by atoms with E-state index in [-0.39, 0.29) is 17.5 Å². The van der Waals surface area contributed by atoms with Gasteiger partial charge in [0.25, 0.3) is 10.9 Å². The second-order valence-electron chi connectivity index (χ2n) is 6.61. The fourth-order valence-corrected chi connectivity index (χ4v) is 3.41. The molecule has 5 nitrogen and oxygen atoms in total. The molecule has 1 saturated carbocycles. The van der Waals surface area contributed by atoms with Gasteiger partial charge in [-0.25, -0.2) is 4.39 Å². The van der Waals surface area contributed by atoms with E-state index < -0.39 is 10.9 Å². The standard InChI is InChI=1S/C18H22FN3O2/c1-22(2)14-6-4-3-5-13(14)21-16-15(17(23)18(16)24)20-12-9-7-11(19)8-10-12/h7-10,13-14,20-21H,3-6H2,1-2H3. The molecule has 24 heavy (non-hydrogen) atoms. The third kappa shape index (κ3) is 3.19. The lowest BCUT2D eigenvalue weighted by Crippen LogP contribution is -2.48. The number of likely N-dealkylation sites (N-methyl/N-ethyl adjacent to an activating group) is 1. The maximum atomic E-state index is 13.0. The highest BCUT2D eigenvalue weighted by Crippen LogP contribution is 2.27. The quantitative estimate of drug-likeness (QED) is 0.824. The molecule has 6 heteroatoms. The van der Waals surface area contributed by atoms with Crippen molar-refractivity contribution in [1.29, 1.82) is 0 Å². The van der Waals surface area contributed by atoms with E-state index in [0.29, 0.717) is 17.4 Å². The summed E-state index contributed by atoms with van der Waals surface area (Å²) in [5.74, 6) is -0.347. The highest BCUT2D eigenvalue weighted by atomic mass is 19.1. The monoisotopic (exact) mass is 331 g/mol. The summed E-state index contributed by atoms with van der Waals surface area (Å²) in [6, 6.07) is 6.18. The van der Waals surface area contributed by atoms with Crippen LogP contribution in [-0.2, 0) is 0 Å². The maximum absolute atomic E-state index is 13.0. The number of benzene rings is 1. The van der Waals surface area contributed by atoms with E-state index in [2.05, 4.69) is 15.5 Å². The van der Waals surface area contributed by atoms with Gasteiger partial charge in [0.05, 0.1) is 0 Å². The first-order valence-electron chi connectivity index (χ1n) is 8.26. The molecule has 2 atom stereocenters. The maximum Gasteiger partial charge on any atom is 0.253 e. The van der Waals surface area contributed by atoms with Crippen molar-refractivity contribution in [2.24, 2.45) is 0 Å². The Morgan fingerprint density at radius 3 is 2.29 bits per heavy atom. The molecule has 0 bridgehead atoms. The molecule has 0 saturated heterocycles. The Labute approximate surface area is 140 Å². The lowest BCUT2D eigenvalue weighted by Gasteiger charge is -2.37. The number of anilines is 3. The summed E-state index contributed by atoms with van der Waals surface area (Å²) in [4.78, 5) is 26.1. The lowest BCUT2D eigenvalue weighted by molar-refractivity contribution is 0.211. The Bertz CT molecular complexity index is 779. The molecule has 2 unspecified atom stereocenters. The zero-order chi connectivity index (χ0) is 17.3. The van der Waals surface area contributed by atoms with Gasteiger partial charge in [-0.15, -0.1) is 0 Å². The van der Waals surface area contributed by atoms with Gasteiger partial charge in [-0.05, 0) is 51.2 Å². The van der Waals surface area contributed by atoms with E-state index in [1.807, 2.05) is 14.1 Å². The minimum atomic E-state index is -0.529. The first-order valence-corrected chi connectivity index (χ1v) is 8.26. The Balaban J connectivity index is 1.79. The van der Waals surface area contributed by atoms with E-state index in [4.69, 9.17) is 0 Å². The van der Waals surface area contributed by atoms with Crippen molar-refractivity contribution >= 4 is 17.1 Å². The largest absolute Gasteiger partial charge is 0.376 e. The molecule has 0 radical (unpaired) electrons. The van der Waals surface area contributed by atoms with Crippen LogP contribution in [0.2, 0.25) is 0 Å². The van der Waals surface area contributed by atoms with Crippen molar-refractivity contribution in [2.75, 3.05) is 24.7 Å². The van der Waals surface area contributed by atoms with E-state index in [1.54, 1.807) is 12.1 Å². The number of hydrogen-bond donors (Lipinski definition) is 2. The Morgan fingerprint density at radius 1 is 1.00 bits per heavy atom. The third-order valence-corrected chi connectivity index (χ3v) is 4.75. The van der Waals surface area contributed by atoms with Crippen molar-refractivity contribution < 1.29 is 4.39 Å². The molecule has 0 amide bonds. The fraction of sp³-hybridized carbons (Fsp3) is 0.444. The van der Waals surface area contributed by atoms with Gasteiger partial charge in [0.15, 0.2) is 0 Å². The molecule has 0 heterocycles. The molecule has 2 N–H and O–H groups in total. The summed E-state index contributed by atoms with van der Waals surface area (Å²) < 4.78 is 13.0. The van der Waals surface area contributed by atoms with Crippen molar-refractivity contribution in [1.82, 2.24) is 4.90 Å². The van der Waals surface area contributed by atoms with Gasteiger partial charge in [0.1, 0.15) is 17.2 Å². The summed E-state index contributed by atoms with van der Waals surface area (Å²) in [6.07, 6.45) is 4.32. The summed E-state index contributed by atoms with van der Waals surface area (Å²) in [6.45, 7) is 0. The van der Waals surface area contributed by atoms with Crippen LogP contribution in [0.1, 0.15) is 25.7 Å². The molecule has 2 aromatic carbocycles. The normalized spacial score (nSPS) is 21.2. The van der Waals surface area contributed by atoms with Crippen LogP contribution in [-0.4, -0.2) is 31.1 Å². The number of nitrogens with one attached hydrogen (secondary N) is 2. The molecule has 1 fully saturated rings. The van der Waals surface area contributed by atoms with Gasteiger partial charge in [-0.1, -0.05) is 12.8 Å². The number of halogens is 1. The van der Waals surface area contributed by atoms with Gasteiger partial charge < -0.3 is 15.5 Å². The highest BCUT2D eigenvalue weighted by Gasteiger charge is 2.30. The van der Waals surface area contributed by atoms with Crippen LogP contribution in [0, 0.1) is 5.82 Å². The molecule has 1 aliphatic rings. The SMILES string of the molecule is CN(C)C1CCCCC1Nc1c(Nc2ccc(F)cc2)c(=O)c1=O. The Hall–Kier alpha value is -2.21. The smallest absolute Gasteiger partial charge is 0.253 e. The van der Waals surface area contributed by atoms with Gasteiger partial charge in [-0.2, -0.15) is 0 Å². The van der Waals surface area contributed by atoms with Gasteiger partial charge in [0.2, 0.25) is 0 Å². The molecule has 0 spiro atoms. The van der Waals surface area contributed by atoms with Crippen LogP contribution >= 0.6 is 0 Å². The van der Waals surface area contributed by atoms with Gasteiger partial charge >= 0.3 is 0 Å². The average molecular weight is 331 g/mol. The van der Waals surface area contributed by atoms with Crippen molar-refractivity contribution in [3.05, 3.63) is 50.5 Å². The number of hydrogen-bond acceptors (Lipinski definition) is 5. The van der Waals surface area contributed by atoms with E-state index in [9.17, 15) is 14.0 Å². The molecule has 0 aliphatic heterocycles. The van der Waals surface area contributed by atoms with Gasteiger partial charge in [-0.3, -0.25) is 9.59 Å². The first kappa shape index (κ1) is 16.6. The fourth-order valence-electron chi connectivity index (χ4n) is 3.41. The molecule has 0 aromatic heterocycles. The third-order valence-electron chi connectivity index (χ3n) is 4.75. The second-order valence-corrected chi connectivity index (χ2v) is 6.61. The lowest BCUT2D eigenvalue weighted by atomic mass is 9.89. The van der Waals surface area contributed by atoms with Crippen molar-refractivity contribution in [3.8, 4) is 0 Å². The topological polar surface area (TPSA) is 61.4 Å². The van der Waals surface area contributed by atoms with E-state index in [0.717, 1.165) is 19.3 Å².